The summed E-state index contributed by atoms with van der Waals surface area (Å²) in [5.74, 6) is -1.95. The number of benzene rings is 4. The van der Waals surface area contributed by atoms with Crippen LogP contribution in [-0.4, -0.2) is 64.2 Å². The smallest absolute Gasteiger partial charge is 0.267 e. The van der Waals surface area contributed by atoms with Gasteiger partial charge >= 0.3 is 0 Å². The van der Waals surface area contributed by atoms with Gasteiger partial charge in [-0.1, -0.05) is 83.0 Å². The molecule has 52 heavy (non-hydrogen) atoms. The van der Waals surface area contributed by atoms with E-state index < -0.39 is 39.8 Å². The lowest BCUT2D eigenvalue weighted by Gasteiger charge is -2.35. The highest BCUT2D eigenvalue weighted by Crippen LogP contribution is 2.29. The van der Waals surface area contributed by atoms with Gasteiger partial charge in [0.05, 0.1) is 11.1 Å². The number of hydrogen-bond acceptors (Lipinski definition) is 7. The van der Waals surface area contributed by atoms with Crippen LogP contribution in [-0.2, 0) is 39.5 Å². The Labute approximate surface area is 302 Å². The molecule has 0 aliphatic rings. The number of para-hydroxylation sites is 1. The predicted molar refractivity (Wildman–Crippen MR) is 198 cm³/mol. The van der Waals surface area contributed by atoms with Gasteiger partial charge in [0, 0.05) is 61.2 Å². The van der Waals surface area contributed by atoms with Crippen molar-refractivity contribution < 1.29 is 27.3 Å². The van der Waals surface area contributed by atoms with Crippen molar-refractivity contribution in [2.45, 2.75) is 43.7 Å². The lowest BCUT2D eigenvalue weighted by Crippen LogP contribution is -2.58. The van der Waals surface area contributed by atoms with E-state index >= 15 is 4.79 Å². The molecule has 0 aliphatic carbocycles. The van der Waals surface area contributed by atoms with Crippen molar-refractivity contribution in [3.05, 3.63) is 143 Å². The highest BCUT2D eigenvalue weighted by molar-refractivity contribution is 7.89. The summed E-state index contributed by atoms with van der Waals surface area (Å²) in [6, 6.07) is 26.1. The first-order chi connectivity index (χ1) is 24.8. The number of nitrogens with two attached hydrogens (primary N) is 1. The van der Waals surface area contributed by atoms with Crippen LogP contribution in [0.2, 0.25) is 0 Å². The Hall–Kier alpha value is -6.01. The maximum Gasteiger partial charge on any atom is 0.267 e. The van der Waals surface area contributed by atoms with E-state index in [1.807, 2.05) is 55.8 Å². The third-order valence-corrected chi connectivity index (χ3v) is 11.0. The number of carbonyl (C=O) groups excluding carboxylic acids is 3. The molecule has 0 saturated heterocycles. The molecule has 4 aromatic carbocycles. The summed E-state index contributed by atoms with van der Waals surface area (Å²) in [5, 5.41) is 4.54. The van der Waals surface area contributed by atoms with Crippen LogP contribution in [0.5, 0.6) is 0 Å². The fourth-order valence-corrected chi connectivity index (χ4v) is 8.21. The molecule has 266 valence electrons. The molecule has 0 spiro atoms. The van der Waals surface area contributed by atoms with Crippen molar-refractivity contribution in [3.8, 4) is 11.3 Å². The Balaban J connectivity index is 1.48. The summed E-state index contributed by atoms with van der Waals surface area (Å²) < 4.78 is 37.0. The first-order valence-corrected chi connectivity index (χ1v) is 18.1. The highest BCUT2D eigenvalue weighted by Gasteiger charge is 2.44. The van der Waals surface area contributed by atoms with E-state index in [2.05, 4.69) is 5.16 Å². The van der Waals surface area contributed by atoms with Crippen LogP contribution in [0.3, 0.4) is 0 Å². The number of primary amides is 1. The Morgan fingerprint density at radius 2 is 1.50 bits per heavy atom. The molecule has 0 fully saturated rings. The topological polar surface area (TPSA) is 149 Å². The van der Waals surface area contributed by atoms with Gasteiger partial charge in [-0.25, -0.2) is 12.7 Å². The van der Waals surface area contributed by atoms with Gasteiger partial charge in [-0.05, 0) is 55.3 Å². The second-order valence-corrected chi connectivity index (χ2v) is 14.8. The molecule has 6 aromatic rings. The number of fused-ring (bicyclic) bond motifs is 1. The number of sulfonamides is 1. The normalized spacial score (nSPS) is 12.7. The molecule has 3 amide bonds. The van der Waals surface area contributed by atoms with Gasteiger partial charge < -0.3 is 19.7 Å². The molecule has 12 heteroatoms. The SMILES string of the molecule is Cc1cc(C)cc(C(=O)N(C)[C@@H](Cc2ccc(-c3ccno3)cc2)C(=O)N([C@@H](Cc2cn(C)c3ccccc23)C(N)=O)S(=O)(=O)c2ccccc2)c1. The molecule has 6 rings (SSSR count). The van der Waals surface area contributed by atoms with Crippen LogP contribution < -0.4 is 5.73 Å². The third-order valence-electron chi connectivity index (χ3n) is 9.17. The number of rotatable bonds is 12. The molecule has 2 atom stereocenters. The van der Waals surface area contributed by atoms with E-state index in [9.17, 15) is 18.0 Å². The number of amides is 3. The van der Waals surface area contributed by atoms with E-state index in [0.29, 0.717) is 26.8 Å². The zero-order valence-electron chi connectivity index (χ0n) is 29.3. The van der Waals surface area contributed by atoms with Gasteiger partial charge in [0.25, 0.3) is 21.8 Å². The molecule has 0 saturated carbocycles. The number of hydrogen-bond donors (Lipinski definition) is 1. The number of carbonyl (C=O) groups is 3. The quantitative estimate of drug-likeness (QED) is 0.177. The van der Waals surface area contributed by atoms with Crippen molar-refractivity contribution in [3.63, 3.8) is 0 Å². The van der Waals surface area contributed by atoms with Crippen molar-refractivity contribution in [1.29, 1.82) is 0 Å². The minimum absolute atomic E-state index is 0.0802. The van der Waals surface area contributed by atoms with E-state index in [1.165, 1.54) is 42.4 Å². The lowest BCUT2D eigenvalue weighted by molar-refractivity contribution is -0.137. The summed E-state index contributed by atoms with van der Waals surface area (Å²) in [5.41, 5.74) is 10.9. The number of aryl methyl sites for hydroxylation is 3. The summed E-state index contributed by atoms with van der Waals surface area (Å²) in [7, 11) is -1.40. The van der Waals surface area contributed by atoms with Gasteiger partial charge in [0.1, 0.15) is 12.1 Å². The average Bonchev–Trinajstić information content (AvgIpc) is 3.78. The van der Waals surface area contributed by atoms with Crippen LogP contribution in [0.4, 0.5) is 0 Å². The van der Waals surface area contributed by atoms with Crippen LogP contribution in [0, 0.1) is 13.8 Å². The van der Waals surface area contributed by atoms with Crippen molar-refractivity contribution in [2.24, 2.45) is 12.8 Å². The van der Waals surface area contributed by atoms with Crippen molar-refractivity contribution in [2.75, 3.05) is 7.05 Å². The zero-order valence-corrected chi connectivity index (χ0v) is 30.1. The van der Waals surface area contributed by atoms with Crippen molar-refractivity contribution >= 4 is 38.6 Å². The Bertz CT molecular complexity index is 2330. The summed E-state index contributed by atoms with van der Waals surface area (Å²) in [6.45, 7) is 3.73. The predicted octanol–water partition coefficient (Wildman–Crippen LogP) is 5.45. The van der Waals surface area contributed by atoms with Crippen LogP contribution in [0.1, 0.15) is 32.6 Å². The maximum atomic E-state index is 15.2. The van der Waals surface area contributed by atoms with E-state index in [-0.39, 0.29) is 17.7 Å². The van der Waals surface area contributed by atoms with E-state index in [0.717, 1.165) is 27.6 Å². The minimum atomic E-state index is -4.70. The summed E-state index contributed by atoms with van der Waals surface area (Å²) in [4.78, 5) is 43.8. The molecule has 0 aliphatic heterocycles. The number of nitrogens with zero attached hydrogens (tertiary/aromatic N) is 4. The second-order valence-electron chi connectivity index (χ2n) is 12.9. The first-order valence-electron chi connectivity index (χ1n) is 16.7. The summed E-state index contributed by atoms with van der Waals surface area (Å²) >= 11 is 0. The standard InChI is InChI=1S/C40H39N5O6S/c1-26-20-27(2)22-30(21-26)39(47)44(4)36(23-28-14-16-29(17-15-28)37-18-19-42-51-37)40(48)45(52(49,50)32-10-6-5-7-11-32)35(38(41)46)24-31-25-43(3)34-13-9-8-12-33(31)34/h5-22,25,35-36H,23-24H2,1-4H3,(H2,41,46)/t35-,36-/m0/s1. The van der Waals surface area contributed by atoms with Crippen LogP contribution >= 0.6 is 0 Å². The van der Waals surface area contributed by atoms with Crippen molar-refractivity contribution in [1.82, 2.24) is 18.9 Å². The molecule has 0 radical (unpaired) electrons. The van der Waals surface area contributed by atoms with E-state index in [4.69, 9.17) is 10.3 Å². The van der Waals surface area contributed by atoms with E-state index in [1.54, 1.807) is 54.7 Å². The van der Waals surface area contributed by atoms with Crippen LogP contribution in [0.15, 0.2) is 125 Å². The van der Waals surface area contributed by atoms with Gasteiger partial charge in [0.2, 0.25) is 5.91 Å². The second kappa shape index (κ2) is 14.7. The third kappa shape index (κ3) is 7.24. The minimum Gasteiger partial charge on any atom is -0.368 e. The first kappa shape index (κ1) is 35.8. The molecular formula is C40H39N5O6S. The highest BCUT2D eigenvalue weighted by atomic mass is 32.2. The molecule has 2 N–H and O–H groups in total. The summed E-state index contributed by atoms with van der Waals surface area (Å²) in [6.07, 6.45) is 3.05. The molecule has 2 aromatic heterocycles. The monoisotopic (exact) mass is 717 g/mol. The van der Waals surface area contributed by atoms with Gasteiger partial charge in [-0.2, -0.15) is 0 Å². The largest absolute Gasteiger partial charge is 0.368 e. The Morgan fingerprint density at radius 1 is 0.846 bits per heavy atom. The van der Waals surface area contributed by atoms with Crippen LogP contribution in [0.25, 0.3) is 22.2 Å². The Kier molecular flexibility index (Phi) is 10.1. The molecule has 11 nitrogen and oxygen atoms in total. The maximum absolute atomic E-state index is 15.2. The fourth-order valence-electron chi connectivity index (χ4n) is 6.61. The fraction of sp³-hybridized carbons (Fsp3) is 0.200. The zero-order chi connectivity index (χ0) is 37.2. The van der Waals surface area contributed by atoms with Gasteiger partial charge in [-0.3, -0.25) is 14.4 Å². The molecular weight excluding hydrogens is 679 g/mol. The van der Waals surface area contributed by atoms with Gasteiger partial charge in [-0.15, -0.1) is 0 Å². The lowest BCUT2D eigenvalue weighted by atomic mass is 9.99. The number of likely N-dealkylation sites (N-methyl/N-ethyl adjacent to an activating group) is 1. The molecule has 0 bridgehead atoms. The number of aromatic nitrogens is 2. The molecule has 2 heterocycles. The molecule has 0 unspecified atom stereocenters. The van der Waals surface area contributed by atoms with Gasteiger partial charge in [0.15, 0.2) is 5.76 Å². The Morgan fingerprint density at radius 3 is 2.13 bits per heavy atom. The average molecular weight is 718 g/mol.